The molecular formula is C22H21BrN4O2S. The number of likely N-dealkylation sites (N-methyl/N-ethyl adjacent to an activating group) is 1. The maximum Gasteiger partial charge on any atom is 0.236 e. The molecule has 0 spiro atoms. The van der Waals surface area contributed by atoms with E-state index in [9.17, 15) is 4.79 Å². The highest BCUT2D eigenvalue weighted by molar-refractivity contribution is 9.10. The molecule has 2 aliphatic rings. The Morgan fingerprint density at radius 3 is 2.77 bits per heavy atom. The first-order valence-electron chi connectivity index (χ1n) is 9.77. The van der Waals surface area contributed by atoms with Crippen molar-refractivity contribution >= 4 is 44.0 Å². The summed E-state index contributed by atoms with van der Waals surface area (Å²) >= 11 is 4.99. The molecule has 0 saturated carbocycles. The number of aromatic nitrogens is 2. The van der Waals surface area contributed by atoms with Gasteiger partial charge in [0, 0.05) is 29.5 Å². The molecule has 1 N–H and O–H groups in total. The molecule has 3 heterocycles. The average molecular weight is 485 g/mol. The molecule has 2 bridgehead atoms. The fraction of sp³-hybridized carbons (Fsp3) is 0.318. The quantitative estimate of drug-likeness (QED) is 0.553. The number of hydrogen-bond acceptors (Lipinski definition) is 6. The third-order valence-corrected chi connectivity index (χ3v) is 7.43. The summed E-state index contributed by atoms with van der Waals surface area (Å²) in [6, 6.07) is 14.1. The van der Waals surface area contributed by atoms with E-state index in [-0.39, 0.29) is 17.7 Å². The number of aryl methyl sites for hydroxylation is 1. The zero-order chi connectivity index (χ0) is 21.0. The number of amides is 1. The van der Waals surface area contributed by atoms with E-state index in [0.717, 1.165) is 26.5 Å². The summed E-state index contributed by atoms with van der Waals surface area (Å²) in [6.45, 7) is 4.03. The summed E-state index contributed by atoms with van der Waals surface area (Å²) in [5, 5.41) is 13.4. The number of benzene rings is 2. The van der Waals surface area contributed by atoms with E-state index in [1.165, 1.54) is 16.9 Å². The predicted molar refractivity (Wildman–Crippen MR) is 120 cm³/mol. The Balaban J connectivity index is 1.51. The normalized spacial score (nSPS) is 24.9. The highest BCUT2D eigenvalue weighted by Gasteiger charge is 2.54. The maximum atomic E-state index is 13.4. The number of likely N-dealkylation sites (tertiary alicyclic amines) is 1. The second-order valence-electron chi connectivity index (χ2n) is 8.08. The lowest BCUT2D eigenvalue weighted by Gasteiger charge is -2.51. The van der Waals surface area contributed by atoms with Gasteiger partial charge in [-0.2, -0.15) is 0 Å². The smallest absolute Gasteiger partial charge is 0.236 e. The molecule has 30 heavy (non-hydrogen) atoms. The molecule has 2 aliphatic heterocycles. The number of ether oxygens (including phenoxy) is 1. The number of piperidine rings is 1. The standard InChI is InChI=1S/C22H21BrN4O2S/c1-12-4-7-14(8-5-12)24-21-26-25-19(30-21)18-16-11-22(2,27(3)20(18)28)29-17-9-6-13(23)10-15(16)17/h4-10,16,18H,11H2,1-3H3,(H,24,26)/t16-,18-,22+/m0/s1. The van der Waals surface area contributed by atoms with Gasteiger partial charge in [0.2, 0.25) is 11.0 Å². The average Bonchev–Trinajstić information content (AvgIpc) is 3.17. The Morgan fingerprint density at radius 1 is 1.23 bits per heavy atom. The van der Waals surface area contributed by atoms with Crippen molar-refractivity contribution in [3.8, 4) is 5.75 Å². The molecule has 0 aliphatic carbocycles. The lowest BCUT2D eigenvalue weighted by atomic mass is 9.74. The molecule has 0 radical (unpaired) electrons. The third kappa shape index (κ3) is 3.18. The number of nitrogens with one attached hydrogen (secondary N) is 1. The first kappa shape index (κ1) is 19.5. The number of carbonyl (C=O) groups excluding carboxylic acids is 1. The van der Waals surface area contributed by atoms with Gasteiger partial charge in [-0.15, -0.1) is 10.2 Å². The first-order chi connectivity index (χ1) is 14.3. The van der Waals surface area contributed by atoms with Crippen LogP contribution in [0.2, 0.25) is 0 Å². The van der Waals surface area contributed by atoms with E-state index in [0.29, 0.717) is 11.6 Å². The van der Waals surface area contributed by atoms with Crippen LogP contribution in [0, 0.1) is 6.92 Å². The van der Waals surface area contributed by atoms with Crippen LogP contribution in [-0.2, 0) is 4.79 Å². The molecule has 1 aromatic heterocycles. The van der Waals surface area contributed by atoms with Gasteiger partial charge in [-0.25, -0.2) is 0 Å². The van der Waals surface area contributed by atoms with Crippen LogP contribution in [0.5, 0.6) is 5.75 Å². The SMILES string of the molecule is Cc1ccc(Nc2nnc([C@H]3C(=O)N(C)[C@@]4(C)C[C@H]3c3cc(Br)ccc3O4)s2)cc1. The van der Waals surface area contributed by atoms with Crippen molar-refractivity contribution in [1.29, 1.82) is 0 Å². The maximum absolute atomic E-state index is 13.4. The van der Waals surface area contributed by atoms with E-state index in [2.05, 4.69) is 44.4 Å². The highest BCUT2D eigenvalue weighted by Crippen LogP contribution is 2.53. The monoisotopic (exact) mass is 484 g/mol. The summed E-state index contributed by atoms with van der Waals surface area (Å²) in [6.07, 6.45) is 0.712. The molecule has 5 rings (SSSR count). The van der Waals surface area contributed by atoms with E-state index in [4.69, 9.17) is 4.74 Å². The second-order valence-corrected chi connectivity index (χ2v) is 10.0. The van der Waals surface area contributed by atoms with E-state index < -0.39 is 5.72 Å². The molecule has 8 heteroatoms. The lowest BCUT2D eigenvalue weighted by Crippen LogP contribution is -2.60. The molecule has 3 atom stereocenters. The van der Waals surface area contributed by atoms with Crippen molar-refractivity contribution in [2.75, 3.05) is 12.4 Å². The van der Waals surface area contributed by atoms with Crippen LogP contribution in [0.15, 0.2) is 46.9 Å². The van der Waals surface area contributed by atoms with Crippen LogP contribution < -0.4 is 10.1 Å². The molecule has 1 saturated heterocycles. The summed E-state index contributed by atoms with van der Waals surface area (Å²) in [5.41, 5.74) is 2.52. The molecule has 154 valence electrons. The van der Waals surface area contributed by atoms with Gasteiger partial charge in [-0.05, 0) is 49.7 Å². The lowest BCUT2D eigenvalue weighted by molar-refractivity contribution is -0.163. The van der Waals surface area contributed by atoms with Gasteiger partial charge in [-0.3, -0.25) is 4.79 Å². The van der Waals surface area contributed by atoms with Crippen LogP contribution in [0.3, 0.4) is 0 Å². The number of rotatable bonds is 3. The van der Waals surface area contributed by atoms with Crippen LogP contribution >= 0.6 is 27.3 Å². The fourth-order valence-electron chi connectivity index (χ4n) is 4.26. The molecule has 2 aromatic carbocycles. The van der Waals surface area contributed by atoms with Gasteiger partial charge >= 0.3 is 0 Å². The van der Waals surface area contributed by atoms with Crippen molar-refractivity contribution in [3.05, 3.63) is 63.1 Å². The van der Waals surface area contributed by atoms with Gasteiger partial charge in [0.25, 0.3) is 0 Å². The fourth-order valence-corrected chi connectivity index (χ4v) is 5.57. The van der Waals surface area contributed by atoms with E-state index >= 15 is 0 Å². The Bertz CT molecular complexity index is 1130. The summed E-state index contributed by atoms with van der Waals surface area (Å²) < 4.78 is 7.22. The van der Waals surface area contributed by atoms with Gasteiger partial charge in [0.05, 0.1) is 5.92 Å². The summed E-state index contributed by atoms with van der Waals surface area (Å²) in [7, 11) is 1.81. The number of hydrogen-bond donors (Lipinski definition) is 1. The number of anilines is 2. The topological polar surface area (TPSA) is 67.4 Å². The largest absolute Gasteiger partial charge is 0.468 e. The van der Waals surface area contributed by atoms with Gasteiger partial charge in [-0.1, -0.05) is 45.0 Å². The minimum absolute atomic E-state index is 0.0115. The van der Waals surface area contributed by atoms with Crippen molar-refractivity contribution in [3.63, 3.8) is 0 Å². The third-order valence-electron chi connectivity index (χ3n) is 6.02. The molecule has 0 unspecified atom stereocenters. The summed E-state index contributed by atoms with van der Waals surface area (Å²) in [4.78, 5) is 15.1. The first-order valence-corrected chi connectivity index (χ1v) is 11.4. The molecule has 6 nitrogen and oxygen atoms in total. The van der Waals surface area contributed by atoms with Crippen molar-refractivity contribution in [2.24, 2.45) is 0 Å². The number of nitrogens with zero attached hydrogens (tertiary/aromatic N) is 3. The van der Waals surface area contributed by atoms with Crippen LogP contribution in [0.25, 0.3) is 0 Å². The van der Waals surface area contributed by atoms with E-state index in [1.807, 2.05) is 50.4 Å². The minimum atomic E-state index is -0.660. The van der Waals surface area contributed by atoms with Crippen molar-refractivity contribution < 1.29 is 9.53 Å². The second kappa shape index (κ2) is 7.06. The molecular weight excluding hydrogens is 464 g/mol. The van der Waals surface area contributed by atoms with Gasteiger partial charge < -0.3 is 15.0 Å². The zero-order valence-electron chi connectivity index (χ0n) is 16.8. The Morgan fingerprint density at radius 2 is 2.00 bits per heavy atom. The van der Waals surface area contributed by atoms with Gasteiger partial charge in [0.1, 0.15) is 10.8 Å². The Labute approximate surface area is 187 Å². The Hall–Kier alpha value is -2.45. The zero-order valence-corrected chi connectivity index (χ0v) is 19.3. The predicted octanol–water partition coefficient (Wildman–Crippen LogP) is 5.19. The van der Waals surface area contributed by atoms with Crippen LogP contribution in [0.1, 0.15) is 41.3 Å². The molecule has 1 fully saturated rings. The minimum Gasteiger partial charge on any atom is -0.468 e. The molecule has 1 amide bonds. The molecule has 3 aromatic rings. The number of halogens is 1. The number of fused-ring (bicyclic) bond motifs is 4. The van der Waals surface area contributed by atoms with E-state index in [1.54, 1.807) is 4.90 Å². The van der Waals surface area contributed by atoms with Crippen LogP contribution in [0.4, 0.5) is 10.8 Å². The van der Waals surface area contributed by atoms with Gasteiger partial charge in [0.15, 0.2) is 5.72 Å². The Kier molecular flexibility index (Phi) is 4.59. The van der Waals surface area contributed by atoms with Crippen LogP contribution in [-0.4, -0.2) is 33.8 Å². The summed E-state index contributed by atoms with van der Waals surface area (Å²) in [5.74, 6) is 0.437. The highest BCUT2D eigenvalue weighted by atomic mass is 79.9. The van der Waals surface area contributed by atoms with Crippen molar-refractivity contribution in [2.45, 2.75) is 37.8 Å². The number of carbonyl (C=O) groups is 1. The van der Waals surface area contributed by atoms with Crippen molar-refractivity contribution in [1.82, 2.24) is 15.1 Å².